The van der Waals surface area contributed by atoms with Crippen molar-refractivity contribution < 1.29 is 4.42 Å². The smallest absolute Gasteiger partial charge is 0.191 e. The molecule has 0 spiro atoms. The van der Waals surface area contributed by atoms with Crippen LogP contribution in [-0.4, -0.2) is 36.6 Å². The van der Waals surface area contributed by atoms with Crippen LogP contribution >= 0.6 is 35.6 Å². The highest BCUT2D eigenvalue weighted by Crippen LogP contribution is 2.25. The van der Waals surface area contributed by atoms with Gasteiger partial charge in [-0.1, -0.05) is 11.6 Å². The number of halogens is 2. The van der Waals surface area contributed by atoms with E-state index in [0.717, 1.165) is 43.4 Å². The van der Waals surface area contributed by atoms with Crippen LogP contribution < -0.4 is 15.5 Å². The summed E-state index contributed by atoms with van der Waals surface area (Å²) in [6.07, 6.45) is 6.17. The van der Waals surface area contributed by atoms with Crippen molar-refractivity contribution in [3.05, 3.63) is 47.5 Å². The zero-order valence-electron chi connectivity index (χ0n) is 14.1. The number of hydrogen-bond donors (Lipinski definition) is 2. The van der Waals surface area contributed by atoms with Crippen molar-refractivity contribution >= 4 is 47.4 Å². The van der Waals surface area contributed by atoms with Crippen LogP contribution in [0.4, 0.5) is 5.82 Å². The average Bonchev–Trinajstić information content (AvgIpc) is 3.25. The molecule has 2 aromatic heterocycles. The van der Waals surface area contributed by atoms with Crippen LogP contribution in [0.15, 0.2) is 46.3 Å². The summed E-state index contributed by atoms with van der Waals surface area (Å²) in [7, 11) is 0. The fourth-order valence-corrected chi connectivity index (χ4v) is 2.99. The van der Waals surface area contributed by atoms with Crippen LogP contribution in [0.25, 0.3) is 0 Å². The van der Waals surface area contributed by atoms with Crippen molar-refractivity contribution in [1.29, 1.82) is 0 Å². The van der Waals surface area contributed by atoms with E-state index in [4.69, 9.17) is 16.0 Å². The third-order valence-electron chi connectivity index (χ3n) is 3.91. The number of aliphatic imine (C=N–C) groups is 1. The van der Waals surface area contributed by atoms with E-state index in [1.165, 1.54) is 0 Å². The van der Waals surface area contributed by atoms with Crippen LogP contribution in [0.5, 0.6) is 0 Å². The third kappa shape index (κ3) is 5.50. The molecule has 8 heteroatoms. The molecule has 1 aliphatic rings. The second kappa shape index (κ2) is 9.86. The lowest BCUT2D eigenvalue weighted by atomic mass is 10.3. The third-order valence-corrected chi connectivity index (χ3v) is 4.21. The summed E-state index contributed by atoms with van der Waals surface area (Å²) < 4.78 is 5.08. The molecule has 0 radical (unpaired) electrons. The summed E-state index contributed by atoms with van der Waals surface area (Å²) in [6, 6.07) is 5.96. The molecule has 25 heavy (non-hydrogen) atoms. The Balaban J connectivity index is 0.00000225. The SMILES string of the molecule is CCNC(=NCc1ccoc1)NC1CCN(c2ncccc2Cl)C1.I. The first-order valence-corrected chi connectivity index (χ1v) is 8.55. The predicted molar refractivity (Wildman–Crippen MR) is 112 cm³/mol. The lowest BCUT2D eigenvalue weighted by Crippen LogP contribution is -2.44. The van der Waals surface area contributed by atoms with E-state index < -0.39 is 0 Å². The number of guanidine groups is 1. The summed E-state index contributed by atoms with van der Waals surface area (Å²) in [4.78, 5) is 11.2. The van der Waals surface area contributed by atoms with E-state index in [2.05, 4.69) is 32.4 Å². The zero-order valence-corrected chi connectivity index (χ0v) is 17.2. The maximum absolute atomic E-state index is 6.24. The van der Waals surface area contributed by atoms with Gasteiger partial charge in [0, 0.05) is 37.4 Å². The van der Waals surface area contributed by atoms with Gasteiger partial charge in [-0.25, -0.2) is 9.98 Å². The average molecular weight is 476 g/mol. The second-order valence-electron chi connectivity index (χ2n) is 5.71. The van der Waals surface area contributed by atoms with Crippen LogP contribution in [0, 0.1) is 0 Å². The zero-order chi connectivity index (χ0) is 16.8. The molecule has 6 nitrogen and oxygen atoms in total. The van der Waals surface area contributed by atoms with Crippen molar-refractivity contribution in [1.82, 2.24) is 15.6 Å². The van der Waals surface area contributed by atoms with Gasteiger partial charge in [-0.3, -0.25) is 0 Å². The monoisotopic (exact) mass is 475 g/mol. The van der Waals surface area contributed by atoms with Crippen molar-refractivity contribution in [3.63, 3.8) is 0 Å². The summed E-state index contributed by atoms with van der Waals surface area (Å²) >= 11 is 6.24. The lowest BCUT2D eigenvalue weighted by molar-refractivity contribution is 0.564. The van der Waals surface area contributed by atoms with Gasteiger partial charge in [-0.2, -0.15) is 0 Å². The first kappa shape index (κ1) is 19.8. The highest BCUT2D eigenvalue weighted by molar-refractivity contribution is 14.0. The van der Waals surface area contributed by atoms with Crippen molar-refractivity contribution in [2.24, 2.45) is 4.99 Å². The molecule has 2 aromatic rings. The molecule has 0 amide bonds. The molecule has 1 unspecified atom stereocenters. The number of rotatable bonds is 5. The molecule has 1 saturated heterocycles. The predicted octanol–water partition coefficient (Wildman–Crippen LogP) is 3.28. The fourth-order valence-electron chi connectivity index (χ4n) is 2.75. The maximum Gasteiger partial charge on any atom is 0.191 e. The molecule has 0 aliphatic carbocycles. The molecule has 1 atom stereocenters. The van der Waals surface area contributed by atoms with E-state index in [1.54, 1.807) is 18.7 Å². The second-order valence-corrected chi connectivity index (χ2v) is 6.12. The van der Waals surface area contributed by atoms with Gasteiger partial charge in [0.25, 0.3) is 0 Å². The normalized spacial score (nSPS) is 17.3. The molecule has 3 heterocycles. The van der Waals surface area contributed by atoms with E-state index in [0.29, 0.717) is 17.6 Å². The molecule has 0 aromatic carbocycles. The van der Waals surface area contributed by atoms with Gasteiger partial charge in [-0.05, 0) is 31.5 Å². The van der Waals surface area contributed by atoms with Crippen LogP contribution in [0.1, 0.15) is 18.9 Å². The molecule has 136 valence electrons. The minimum atomic E-state index is 0. The van der Waals surface area contributed by atoms with Gasteiger partial charge in [-0.15, -0.1) is 24.0 Å². The molecule has 3 rings (SSSR count). The van der Waals surface area contributed by atoms with Crippen LogP contribution in [-0.2, 0) is 6.54 Å². The number of nitrogens with one attached hydrogen (secondary N) is 2. The Bertz CT molecular complexity index is 679. The van der Waals surface area contributed by atoms with Crippen LogP contribution in [0.3, 0.4) is 0 Å². The van der Waals surface area contributed by atoms with Crippen molar-refractivity contribution in [2.75, 3.05) is 24.5 Å². The number of nitrogens with zero attached hydrogens (tertiary/aromatic N) is 3. The Labute approximate surface area is 170 Å². The summed E-state index contributed by atoms with van der Waals surface area (Å²) in [5, 5.41) is 7.47. The standard InChI is InChI=1S/C17H22ClN5O.HI/c1-2-19-17(21-10-13-6-9-24-12-13)22-14-5-8-23(11-14)16-15(18)4-3-7-20-16;/h3-4,6-7,9,12,14H,2,5,8,10-11H2,1H3,(H2,19,21,22);1H. The quantitative estimate of drug-likeness (QED) is 0.395. The fraction of sp³-hybridized carbons (Fsp3) is 0.412. The number of pyridine rings is 1. The first-order chi connectivity index (χ1) is 11.8. The van der Waals surface area contributed by atoms with Gasteiger partial charge in [0.15, 0.2) is 5.96 Å². The molecular weight excluding hydrogens is 453 g/mol. The molecule has 0 bridgehead atoms. The summed E-state index contributed by atoms with van der Waals surface area (Å²) in [6.45, 7) is 5.25. The van der Waals surface area contributed by atoms with E-state index >= 15 is 0 Å². The van der Waals surface area contributed by atoms with E-state index in [-0.39, 0.29) is 24.0 Å². The molecule has 1 aliphatic heterocycles. The molecule has 0 saturated carbocycles. The maximum atomic E-state index is 6.24. The number of hydrogen-bond acceptors (Lipinski definition) is 4. The number of furan rings is 1. The Morgan fingerprint density at radius 3 is 3.08 bits per heavy atom. The van der Waals surface area contributed by atoms with Crippen molar-refractivity contribution in [3.8, 4) is 0 Å². The minimum Gasteiger partial charge on any atom is -0.472 e. The van der Waals surface area contributed by atoms with E-state index in [9.17, 15) is 0 Å². The Morgan fingerprint density at radius 2 is 2.36 bits per heavy atom. The largest absolute Gasteiger partial charge is 0.472 e. The summed E-state index contributed by atoms with van der Waals surface area (Å²) in [5.41, 5.74) is 1.06. The Hall–Kier alpha value is -1.48. The molecule has 1 fully saturated rings. The Morgan fingerprint density at radius 1 is 1.48 bits per heavy atom. The molecule has 2 N–H and O–H groups in total. The summed E-state index contributed by atoms with van der Waals surface area (Å²) in [5.74, 6) is 1.67. The lowest BCUT2D eigenvalue weighted by Gasteiger charge is -2.20. The van der Waals surface area contributed by atoms with Crippen molar-refractivity contribution in [2.45, 2.75) is 25.9 Å². The number of anilines is 1. The highest BCUT2D eigenvalue weighted by atomic mass is 127. The topological polar surface area (TPSA) is 65.7 Å². The number of aromatic nitrogens is 1. The first-order valence-electron chi connectivity index (χ1n) is 8.17. The minimum absolute atomic E-state index is 0. The van der Waals surface area contributed by atoms with Crippen LogP contribution in [0.2, 0.25) is 5.02 Å². The van der Waals surface area contributed by atoms with Gasteiger partial charge in [0.2, 0.25) is 0 Å². The van der Waals surface area contributed by atoms with Gasteiger partial charge in [0.05, 0.1) is 24.1 Å². The van der Waals surface area contributed by atoms with E-state index in [1.807, 2.05) is 18.2 Å². The van der Waals surface area contributed by atoms with Gasteiger partial charge >= 0.3 is 0 Å². The highest BCUT2D eigenvalue weighted by Gasteiger charge is 2.25. The molecular formula is C17H23ClIN5O. The van der Waals surface area contributed by atoms with Gasteiger partial charge < -0.3 is 20.0 Å². The van der Waals surface area contributed by atoms with Gasteiger partial charge in [0.1, 0.15) is 5.82 Å². The Kier molecular flexibility index (Phi) is 7.83.